The smallest absolute Gasteiger partial charge is 0.407 e. The lowest BCUT2D eigenvalue weighted by Gasteiger charge is -2.73. The number of amides is 1. The van der Waals surface area contributed by atoms with Gasteiger partial charge in [0.05, 0.1) is 11.1 Å². The van der Waals surface area contributed by atoms with Crippen molar-refractivity contribution in [2.45, 2.75) is 101 Å². The zero-order valence-electron chi connectivity index (χ0n) is 20.3. The van der Waals surface area contributed by atoms with Crippen molar-refractivity contribution in [1.29, 1.82) is 0 Å². The van der Waals surface area contributed by atoms with E-state index in [4.69, 9.17) is 0 Å². The van der Waals surface area contributed by atoms with E-state index in [1.807, 2.05) is 4.90 Å². The average molecular weight is 383 g/mol. The first-order chi connectivity index (χ1) is 11.7. The molecule has 4 heteroatoms. The molecule has 0 bridgehead atoms. The van der Waals surface area contributed by atoms with Crippen LogP contribution in [-0.2, 0) is 0 Å². The molecule has 160 valence electrons. The van der Waals surface area contributed by atoms with E-state index in [2.05, 4.69) is 95.3 Å². The van der Waals surface area contributed by atoms with Crippen molar-refractivity contribution in [1.82, 2.24) is 10.2 Å². The highest BCUT2D eigenvalue weighted by Gasteiger charge is 2.74. The number of carboxylic acid groups (broad SMARTS) is 1. The number of nitrogens with zero attached hydrogens (tertiary/aromatic N) is 1. The summed E-state index contributed by atoms with van der Waals surface area (Å²) in [6.45, 7) is 30.5. The molecular weight excluding hydrogens is 336 g/mol. The lowest BCUT2D eigenvalue weighted by molar-refractivity contribution is -0.196. The molecule has 0 radical (unpaired) electrons. The van der Waals surface area contributed by atoms with E-state index >= 15 is 0 Å². The van der Waals surface area contributed by atoms with E-state index in [9.17, 15) is 9.90 Å². The van der Waals surface area contributed by atoms with E-state index in [-0.39, 0.29) is 27.6 Å². The summed E-state index contributed by atoms with van der Waals surface area (Å²) in [5.74, 6) is 0.247. The van der Waals surface area contributed by atoms with Gasteiger partial charge in [0.1, 0.15) is 0 Å². The van der Waals surface area contributed by atoms with E-state index in [1.165, 1.54) is 0 Å². The second-order valence-electron chi connectivity index (χ2n) is 12.8. The Labute approximate surface area is 168 Å². The van der Waals surface area contributed by atoms with Gasteiger partial charge in [0.25, 0.3) is 0 Å². The summed E-state index contributed by atoms with van der Waals surface area (Å²) in [7, 11) is 0. The maximum atomic E-state index is 12.8. The molecule has 1 amide bonds. The van der Waals surface area contributed by atoms with Gasteiger partial charge in [-0.1, -0.05) is 90.0 Å². The summed E-state index contributed by atoms with van der Waals surface area (Å²) in [4.78, 5) is 14.6. The molecule has 0 aliphatic carbocycles. The summed E-state index contributed by atoms with van der Waals surface area (Å²) in [6, 6.07) is 0. The topological polar surface area (TPSA) is 52.6 Å². The minimum absolute atomic E-state index is 0.177. The van der Waals surface area contributed by atoms with Crippen LogP contribution in [0.1, 0.15) is 90.0 Å². The van der Waals surface area contributed by atoms with Crippen molar-refractivity contribution >= 4 is 6.09 Å². The largest absolute Gasteiger partial charge is 0.465 e. The fourth-order valence-corrected chi connectivity index (χ4v) is 7.19. The first kappa shape index (κ1) is 24.3. The first-order valence-electron chi connectivity index (χ1n) is 10.4. The van der Waals surface area contributed by atoms with Gasteiger partial charge in [-0.3, -0.25) is 4.90 Å². The highest BCUT2D eigenvalue weighted by atomic mass is 16.4. The average Bonchev–Trinajstić information content (AvgIpc) is 2.50. The fourth-order valence-electron chi connectivity index (χ4n) is 7.19. The molecule has 1 heterocycles. The van der Waals surface area contributed by atoms with Crippen LogP contribution >= 0.6 is 0 Å². The van der Waals surface area contributed by atoms with Gasteiger partial charge >= 0.3 is 6.09 Å². The van der Waals surface area contributed by atoms with Gasteiger partial charge in [-0.05, 0) is 27.6 Å². The molecule has 2 N–H and O–H groups in total. The Morgan fingerprint density at radius 2 is 1.22 bits per heavy atom. The van der Waals surface area contributed by atoms with Crippen molar-refractivity contribution in [3.05, 3.63) is 0 Å². The summed E-state index contributed by atoms with van der Waals surface area (Å²) in [5, 5.41) is 14.5. The molecule has 1 atom stereocenters. The van der Waals surface area contributed by atoms with Gasteiger partial charge in [0.2, 0.25) is 0 Å². The predicted molar refractivity (Wildman–Crippen MR) is 115 cm³/mol. The Hall–Kier alpha value is -0.770. The molecule has 1 unspecified atom stereocenters. The number of hydrogen-bond acceptors (Lipinski definition) is 2. The molecule has 0 aromatic rings. The van der Waals surface area contributed by atoms with E-state index in [0.717, 1.165) is 6.54 Å². The van der Waals surface area contributed by atoms with Gasteiger partial charge in [0, 0.05) is 13.1 Å². The minimum Gasteiger partial charge on any atom is -0.465 e. The van der Waals surface area contributed by atoms with Crippen LogP contribution < -0.4 is 5.32 Å². The maximum absolute atomic E-state index is 12.8. The summed E-state index contributed by atoms with van der Waals surface area (Å²) < 4.78 is 0. The van der Waals surface area contributed by atoms with Gasteiger partial charge in [-0.2, -0.15) is 0 Å². The number of rotatable bonds is 0. The van der Waals surface area contributed by atoms with Crippen LogP contribution in [0, 0.1) is 27.6 Å². The highest BCUT2D eigenvalue weighted by Crippen LogP contribution is 2.64. The van der Waals surface area contributed by atoms with Crippen molar-refractivity contribution in [3.63, 3.8) is 0 Å². The van der Waals surface area contributed by atoms with Crippen LogP contribution in [-0.4, -0.2) is 40.3 Å². The van der Waals surface area contributed by atoms with Crippen LogP contribution in [0.4, 0.5) is 4.79 Å². The maximum Gasteiger partial charge on any atom is 0.407 e. The molecule has 27 heavy (non-hydrogen) atoms. The Bertz CT molecular complexity index is 525. The first-order valence-corrected chi connectivity index (χ1v) is 10.4. The highest BCUT2D eigenvalue weighted by molar-refractivity contribution is 5.68. The van der Waals surface area contributed by atoms with E-state index in [0.29, 0.717) is 6.54 Å². The summed E-state index contributed by atoms with van der Waals surface area (Å²) in [6.07, 6.45) is -0.812. The standard InChI is InChI=1S/C23H46N2O2/c1-16-14-24-22(18(2,3)4,19(5,6)7)23(20(8,9)10,21(11,12)13)25(15-16)17(26)27/h16,24H,14-15H2,1-13H3,(H,26,27). The van der Waals surface area contributed by atoms with Crippen LogP contribution in [0.5, 0.6) is 0 Å². The molecule has 1 aliphatic heterocycles. The van der Waals surface area contributed by atoms with Gasteiger partial charge in [-0.25, -0.2) is 4.79 Å². The van der Waals surface area contributed by atoms with Crippen LogP contribution in [0.3, 0.4) is 0 Å². The molecule has 1 aliphatic rings. The molecule has 4 nitrogen and oxygen atoms in total. The van der Waals surface area contributed by atoms with Crippen LogP contribution in [0.2, 0.25) is 0 Å². The Morgan fingerprint density at radius 1 is 0.852 bits per heavy atom. The summed E-state index contributed by atoms with van der Waals surface area (Å²) in [5.41, 5.74) is -2.03. The third-order valence-corrected chi connectivity index (χ3v) is 6.81. The van der Waals surface area contributed by atoms with E-state index in [1.54, 1.807) is 0 Å². The quantitative estimate of drug-likeness (QED) is 0.551. The Balaban J connectivity index is 4.32. The number of hydrogen-bond donors (Lipinski definition) is 2. The molecular formula is C23H46N2O2. The van der Waals surface area contributed by atoms with Crippen molar-refractivity contribution in [3.8, 4) is 0 Å². The number of carbonyl (C=O) groups is 1. The zero-order chi connectivity index (χ0) is 21.9. The predicted octanol–water partition coefficient (Wildman–Crippen LogP) is 5.87. The monoisotopic (exact) mass is 382 g/mol. The molecule has 0 saturated carbocycles. The molecule has 0 spiro atoms. The van der Waals surface area contributed by atoms with Gasteiger partial charge in [0.15, 0.2) is 0 Å². The van der Waals surface area contributed by atoms with Gasteiger partial charge < -0.3 is 10.4 Å². The van der Waals surface area contributed by atoms with Crippen molar-refractivity contribution < 1.29 is 9.90 Å². The second-order valence-corrected chi connectivity index (χ2v) is 12.8. The SMILES string of the molecule is CC1CNC(C(C)(C)C)(C(C)(C)C)C(C(C)(C)C)(C(C)(C)C)N(C(=O)O)C1. The van der Waals surface area contributed by atoms with E-state index < -0.39 is 17.2 Å². The number of nitrogens with one attached hydrogen (secondary N) is 1. The van der Waals surface area contributed by atoms with Crippen LogP contribution in [0.25, 0.3) is 0 Å². The second kappa shape index (κ2) is 6.64. The molecule has 0 aromatic carbocycles. The Morgan fingerprint density at radius 3 is 1.48 bits per heavy atom. The van der Waals surface area contributed by atoms with Crippen molar-refractivity contribution in [2.75, 3.05) is 13.1 Å². The Kier molecular flexibility index (Phi) is 5.97. The minimum atomic E-state index is -0.812. The zero-order valence-corrected chi connectivity index (χ0v) is 20.3. The van der Waals surface area contributed by atoms with Gasteiger partial charge in [-0.15, -0.1) is 0 Å². The molecule has 1 saturated heterocycles. The third kappa shape index (κ3) is 3.30. The molecule has 1 fully saturated rings. The molecule has 0 aromatic heterocycles. The third-order valence-electron chi connectivity index (χ3n) is 6.81. The molecule has 1 rings (SSSR count). The van der Waals surface area contributed by atoms with Crippen LogP contribution in [0.15, 0.2) is 0 Å². The fraction of sp³-hybridized carbons (Fsp3) is 0.957. The lowest BCUT2D eigenvalue weighted by Crippen LogP contribution is -2.86. The van der Waals surface area contributed by atoms with Crippen molar-refractivity contribution in [2.24, 2.45) is 27.6 Å². The normalized spacial score (nSPS) is 24.5. The summed E-state index contributed by atoms with van der Waals surface area (Å²) >= 11 is 0. The lowest BCUT2D eigenvalue weighted by atomic mass is 9.40.